The monoisotopic (exact) mass is 319 g/mol. The molecule has 0 amide bonds. The first kappa shape index (κ1) is 15.8. The van der Waals surface area contributed by atoms with E-state index in [0.717, 1.165) is 0 Å². The van der Waals surface area contributed by atoms with Gasteiger partial charge in [0, 0.05) is 5.02 Å². The fourth-order valence-corrected chi connectivity index (χ4v) is 2.01. The lowest BCUT2D eigenvalue weighted by molar-refractivity contribution is 0.0734. The van der Waals surface area contributed by atoms with Crippen LogP contribution in [0, 0.1) is 0 Å². The maximum absolute atomic E-state index is 12.0. The van der Waals surface area contributed by atoms with Crippen LogP contribution in [0.15, 0.2) is 47.5 Å². The lowest BCUT2D eigenvalue weighted by atomic mass is 10.2. The van der Waals surface area contributed by atoms with Crippen molar-refractivity contribution < 1.29 is 14.6 Å². The second-order valence-corrected chi connectivity index (χ2v) is 4.86. The van der Waals surface area contributed by atoms with Gasteiger partial charge < -0.3 is 21.3 Å². The van der Waals surface area contributed by atoms with Crippen molar-refractivity contribution in [2.24, 2.45) is 16.5 Å². The van der Waals surface area contributed by atoms with Crippen LogP contribution in [-0.4, -0.2) is 17.0 Å². The number of nitrogens with zero attached hydrogens (tertiary/aromatic N) is 1. The Morgan fingerprint density at radius 3 is 2.45 bits per heavy atom. The van der Waals surface area contributed by atoms with Crippen LogP contribution in [-0.2, 0) is 6.61 Å². The summed E-state index contributed by atoms with van der Waals surface area (Å²) in [6, 6.07) is 10.9. The van der Waals surface area contributed by atoms with Gasteiger partial charge in [-0.25, -0.2) is 9.79 Å². The molecule has 22 heavy (non-hydrogen) atoms. The van der Waals surface area contributed by atoms with E-state index in [-0.39, 0.29) is 18.3 Å². The molecule has 2 rings (SSSR count). The number of hydrogen-bond acceptors (Lipinski definition) is 4. The highest BCUT2D eigenvalue weighted by Gasteiger charge is 2.10. The quantitative estimate of drug-likeness (QED) is 0.345. The molecule has 0 heterocycles. The number of carbonyl (C=O) groups is 1. The molecule has 0 aliphatic heterocycles. The van der Waals surface area contributed by atoms with Crippen LogP contribution in [0.2, 0.25) is 5.02 Å². The third kappa shape index (κ3) is 4.21. The summed E-state index contributed by atoms with van der Waals surface area (Å²) in [6.07, 6.45) is 0. The Bertz CT molecular complexity index is 710. The van der Waals surface area contributed by atoms with Crippen LogP contribution in [0.5, 0.6) is 5.75 Å². The van der Waals surface area contributed by atoms with Crippen LogP contribution in [0.3, 0.4) is 0 Å². The molecule has 0 unspecified atom stereocenters. The molecular formula is C15H14ClN3O3. The predicted octanol–water partition coefficient (Wildman–Crippen LogP) is 1.96. The van der Waals surface area contributed by atoms with Gasteiger partial charge in [0.05, 0.1) is 17.9 Å². The van der Waals surface area contributed by atoms with Crippen LogP contribution in [0.1, 0.15) is 15.9 Å². The molecule has 0 bridgehead atoms. The van der Waals surface area contributed by atoms with Crippen LogP contribution in [0.4, 0.5) is 5.69 Å². The normalized spacial score (nSPS) is 10.1. The van der Waals surface area contributed by atoms with Gasteiger partial charge in [0.25, 0.3) is 0 Å². The molecule has 0 atom stereocenters. The van der Waals surface area contributed by atoms with E-state index < -0.39 is 5.97 Å². The van der Waals surface area contributed by atoms with Crippen molar-refractivity contribution in [3.05, 3.63) is 58.6 Å². The molecule has 2 aromatic rings. The zero-order valence-electron chi connectivity index (χ0n) is 11.5. The SMILES string of the molecule is NC(N)=Nc1ccc(C(=O)Oc2cc(Cl)cc(CO)c2)cc1. The summed E-state index contributed by atoms with van der Waals surface area (Å²) in [5, 5.41) is 9.48. The van der Waals surface area contributed by atoms with Gasteiger partial charge in [-0.3, -0.25) is 0 Å². The summed E-state index contributed by atoms with van der Waals surface area (Å²) in [4.78, 5) is 15.9. The molecule has 6 nitrogen and oxygen atoms in total. The van der Waals surface area contributed by atoms with Gasteiger partial charge >= 0.3 is 5.97 Å². The molecule has 0 radical (unpaired) electrons. The largest absolute Gasteiger partial charge is 0.423 e. The van der Waals surface area contributed by atoms with Crippen molar-refractivity contribution in [3.63, 3.8) is 0 Å². The molecule has 0 saturated heterocycles. The third-order valence-electron chi connectivity index (χ3n) is 2.69. The molecule has 0 aliphatic rings. The summed E-state index contributed by atoms with van der Waals surface area (Å²) in [6.45, 7) is -0.196. The maximum atomic E-state index is 12.0. The van der Waals surface area contributed by atoms with Gasteiger partial charge in [-0.15, -0.1) is 0 Å². The van der Waals surface area contributed by atoms with E-state index in [1.807, 2.05) is 0 Å². The highest BCUT2D eigenvalue weighted by atomic mass is 35.5. The van der Waals surface area contributed by atoms with Gasteiger partial charge in [0.2, 0.25) is 0 Å². The molecule has 0 fully saturated rings. The molecule has 0 aliphatic carbocycles. The average molecular weight is 320 g/mol. The number of carbonyl (C=O) groups excluding carboxylic acids is 1. The molecule has 0 aromatic heterocycles. The minimum atomic E-state index is -0.553. The lowest BCUT2D eigenvalue weighted by Gasteiger charge is -2.07. The third-order valence-corrected chi connectivity index (χ3v) is 2.90. The maximum Gasteiger partial charge on any atom is 0.343 e. The Balaban J connectivity index is 2.15. The summed E-state index contributed by atoms with van der Waals surface area (Å²) in [5.74, 6) is -0.358. The number of hydrogen-bond donors (Lipinski definition) is 3. The summed E-state index contributed by atoms with van der Waals surface area (Å²) >= 11 is 5.89. The number of esters is 1. The number of halogens is 1. The fourth-order valence-electron chi connectivity index (χ4n) is 1.76. The van der Waals surface area contributed by atoms with Crippen molar-refractivity contribution in [2.75, 3.05) is 0 Å². The number of aliphatic hydroxyl groups is 1. The Hall–Kier alpha value is -2.57. The fraction of sp³-hybridized carbons (Fsp3) is 0.0667. The summed E-state index contributed by atoms with van der Waals surface area (Å²) in [7, 11) is 0. The van der Waals surface area contributed by atoms with Crippen molar-refractivity contribution in [1.82, 2.24) is 0 Å². The van der Waals surface area contributed by atoms with E-state index in [4.69, 9.17) is 32.9 Å². The van der Waals surface area contributed by atoms with Crippen LogP contribution >= 0.6 is 11.6 Å². The van der Waals surface area contributed by atoms with Crippen molar-refractivity contribution in [3.8, 4) is 5.75 Å². The first-order valence-corrected chi connectivity index (χ1v) is 6.68. The number of nitrogens with two attached hydrogens (primary N) is 2. The Morgan fingerprint density at radius 2 is 1.86 bits per heavy atom. The zero-order chi connectivity index (χ0) is 16.1. The van der Waals surface area contributed by atoms with Gasteiger partial charge in [0.1, 0.15) is 5.75 Å². The van der Waals surface area contributed by atoms with Crippen molar-refractivity contribution in [2.45, 2.75) is 6.61 Å². The first-order valence-electron chi connectivity index (χ1n) is 6.30. The summed E-state index contributed by atoms with van der Waals surface area (Å²) in [5.41, 5.74) is 12.0. The highest BCUT2D eigenvalue weighted by Crippen LogP contribution is 2.22. The lowest BCUT2D eigenvalue weighted by Crippen LogP contribution is -2.21. The molecule has 7 heteroatoms. The van der Waals surface area contributed by atoms with Gasteiger partial charge in [0.15, 0.2) is 5.96 Å². The molecule has 2 aromatic carbocycles. The number of aliphatic imine (C=N–C) groups is 1. The van der Waals surface area contributed by atoms with Gasteiger partial charge in [-0.2, -0.15) is 0 Å². The van der Waals surface area contributed by atoms with Gasteiger partial charge in [-0.05, 0) is 48.0 Å². The number of ether oxygens (including phenoxy) is 1. The standard InChI is InChI=1S/C15H14ClN3O3/c16-11-5-9(8-20)6-13(7-11)22-14(21)10-1-3-12(4-2-10)19-15(17)18/h1-7,20H,8H2,(H4,17,18,19). The van der Waals surface area contributed by atoms with Crippen LogP contribution < -0.4 is 16.2 Å². The smallest absolute Gasteiger partial charge is 0.343 e. The molecule has 0 spiro atoms. The van der Waals surface area contributed by atoms with E-state index in [1.54, 1.807) is 30.3 Å². The predicted molar refractivity (Wildman–Crippen MR) is 84.2 cm³/mol. The minimum absolute atomic E-state index is 0.0641. The van der Waals surface area contributed by atoms with E-state index in [1.165, 1.54) is 12.1 Å². The second kappa shape index (κ2) is 6.93. The zero-order valence-corrected chi connectivity index (χ0v) is 12.2. The average Bonchev–Trinajstić information content (AvgIpc) is 2.46. The minimum Gasteiger partial charge on any atom is -0.423 e. The number of benzene rings is 2. The Morgan fingerprint density at radius 1 is 1.18 bits per heavy atom. The Kier molecular flexibility index (Phi) is 4.98. The number of rotatable bonds is 4. The molecular weight excluding hydrogens is 306 g/mol. The molecule has 0 saturated carbocycles. The van der Waals surface area contributed by atoms with Crippen molar-refractivity contribution >= 4 is 29.2 Å². The van der Waals surface area contributed by atoms with Crippen molar-refractivity contribution in [1.29, 1.82) is 0 Å². The first-order chi connectivity index (χ1) is 10.5. The van der Waals surface area contributed by atoms with E-state index in [2.05, 4.69) is 4.99 Å². The number of guanidine groups is 1. The number of aliphatic hydroxyl groups excluding tert-OH is 1. The van der Waals surface area contributed by atoms with E-state index in [9.17, 15) is 4.79 Å². The topological polar surface area (TPSA) is 111 Å². The second-order valence-electron chi connectivity index (χ2n) is 4.43. The van der Waals surface area contributed by atoms with E-state index in [0.29, 0.717) is 21.8 Å². The van der Waals surface area contributed by atoms with Gasteiger partial charge in [-0.1, -0.05) is 11.6 Å². The molecule has 5 N–H and O–H groups in total. The summed E-state index contributed by atoms with van der Waals surface area (Å²) < 4.78 is 5.23. The van der Waals surface area contributed by atoms with E-state index >= 15 is 0 Å². The van der Waals surface area contributed by atoms with Crippen LogP contribution in [0.25, 0.3) is 0 Å². The molecule has 114 valence electrons. The Labute approximate surface area is 132 Å². The highest BCUT2D eigenvalue weighted by molar-refractivity contribution is 6.30.